The fourth-order valence-corrected chi connectivity index (χ4v) is 4.62. The molecule has 44 heavy (non-hydrogen) atoms. The number of rotatable bonds is 19. The van der Waals surface area contributed by atoms with Gasteiger partial charge in [-0.1, -0.05) is 87.2 Å². The summed E-state index contributed by atoms with van der Waals surface area (Å²) in [6, 6.07) is 16.3. The Morgan fingerprint density at radius 1 is 0.841 bits per heavy atom. The number of amides is 2. The molecule has 0 bridgehead atoms. The number of alkyl carbamates (subject to hydrolysis) is 1. The maximum Gasteiger partial charge on any atom is 0.408 e. The largest absolute Gasteiger partial charge is 0.461 e. The normalized spacial score (nSPS) is 12.5. The number of ether oxygens (including phenoxy) is 3. The zero-order valence-electron chi connectivity index (χ0n) is 26.8. The SMILES string of the molecule is CCCCCCCc1ccc(C[C@@H](CC(N)=O)OC(=O)[C@H](CCCC(=O)OCc2ccccc2)NC(=O)OC(C)(C)C)cc1. The van der Waals surface area contributed by atoms with Gasteiger partial charge in [0.15, 0.2) is 0 Å². The third-order valence-electron chi connectivity index (χ3n) is 6.86. The zero-order valence-corrected chi connectivity index (χ0v) is 26.8. The highest BCUT2D eigenvalue weighted by molar-refractivity contribution is 5.82. The second-order valence-corrected chi connectivity index (χ2v) is 12.2. The van der Waals surface area contributed by atoms with Gasteiger partial charge in [-0.05, 0) is 63.1 Å². The fraction of sp³-hybridized carbons (Fsp3) is 0.543. The lowest BCUT2D eigenvalue weighted by Gasteiger charge is -2.25. The van der Waals surface area contributed by atoms with Crippen LogP contribution in [-0.2, 0) is 48.0 Å². The molecule has 0 fully saturated rings. The van der Waals surface area contributed by atoms with Crippen molar-refractivity contribution in [3.8, 4) is 0 Å². The smallest absolute Gasteiger partial charge is 0.408 e. The van der Waals surface area contributed by atoms with Gasteiger partial charge >= 0.3 is 18.0 Å². The Morgan fingerprint density at radius 3 is 2.14 bits per heavy atom. The van der Waals surface area contributed by atoms with Gasteiger partial charge in [-0.2, -0.15) is 0 Å². The first-order valence-corrected chi connectivity index (χ1v) is 15.7. The summed E-state index contributed by atoms with van der Waals surface area (Å²) in [4.78, 5) is 50.0. The Bertz CT molecular complexity index is 1160. The van der Waals surface area contributed by atoms with Crippen LogP contribution in [0.25, 0.3) is 0 Å². The number of unbranched alkanes of at least 4 members (excludes halogenated alkanes) is 4. The van der Waals surface area contributed by atoms with Gasteiger partial charge in [-0.3, -0.25) is 9.59 Å². The molecule has 0 radical (unpaired) electrons. The van der Waals surface area contributed by atoms with Gasteiger partial charge < -0.3 is 25.3 Å². The van der Waals surface area contributed by atoms with Crippen molar-refractivity contribution in [1.29, 1.82) is 0 Å². The van der Waals surface area contributed by atoms with Crippen LogP contribution in [0.4, 0.5) is 4.79 Å². The molecule has 2 aromatic carbocycles. The van der Waals surface area contributed by atoms with Crippen molar-refractivity contribution in [1.82, 2.24) is 5.32 Å². The number of esters is 2. The highest BCUT2D eigenvalue weighted by Crippen LogP contribution is 2.16. The van der Waals surface area contributed by atoms with Gasteiger partial charge in [0.25, 0.3) is 0 Å². The van der Waals surface area contributed by atoms with Crippen molar-refractivity contribution in [2.24, 2.45) is 5.73 Å². The number of nitrogens with one attached hydrogen (secondary N) is 1. The predicted molar refractivity (Wildman–Crippen MR) is 170 cm³/mol. The number of primary amides is 1. The average molecular weight is 611 g/mol. The molecule has 2 aromatic rings. The molecule has 0 saturated heterocycles. The van der Waals surface area contributed by atoms with Crippen molar-refractivity contribution in [3.63, 3.8) is 0 Å². The Balaban J connectivity index is 2.00. The van der Waals surface area contributed by atoms with Crippen molar-refractivity contribution in [3.05, 3.63) is 71.3 Å². The Labute approximate surface area is 262 Å². The van der Waals surface area contributed by atoms with E-state index in [1.165, 1.54) is 31.2 Å². The van der Waals surface area contributed by atoms with Crippen molar-refractivity contribution in [2.45, 2.75) is 123 Å². The van der Waals surface area contributed by atoms with Gasteiger partial charge in [0, 0.05) is 12.8 Å². The van der Waals surface area contributed by atoms with E-state index in [1.54, 1.807) is 20.8 Å². The molecular formula is C35H50N2O7. The lowest BCUT2D eigenvalue weighted by molar-refractivity contribution is -0.153. The van der Waals surface area contributed by atoms with E-state index < -0.39 is 41.7 Å². The summed E-state index contributed by atoms with van der Waals surface area (Å²) < 4.78 is 16.4. The summed E-state index contributed by atoms with van der Waals surface area (Å²) in [5.41, 5.74) is 7.69. The third kappa shape index (κ3) is 16.1. The van der Waals surface area contributed by atoms with E-state index in [1.807, 2.05) is 42.5 Å². The zero-order chi connectivity index (χ0) is 32.4. The van der Waals surface area contributed by atoms with Gasteiger partial charge in [-0.25, -0.2) is 9.59 Å². The highest BCUT2D eigenvalue weighted by Gasteiger charge is 2.28. The number of carbonyl (C=O) groups excluding carboxylic acids is 4. The number of carbonyl (C=O) groups is 4. The molecule has 0 saturated carbocycles. The number of hydrogen-bond acceptors (Lipinski definition) is 7. The lowest BCUT2D eigenvalue weighted by atomic mass is 10.0. The van der Waals surface area contributed by atoms with Gasteiger partial charge in [0.05, 0.1) is 6.42 Å². The fourth-order valence-electron chi connectivity index (χ4n) is 4.62. The van der Waals surface area contributed by atoms with Crippen LogP contribution in [0.1, 0.15) is 102 Å². The highest BCUT2D eigenvalue weighted by atomic mass is 16.6. The van der Waals surface area contributed by atoms with Gasteiger partial charge in [0.1, 0.15) is 24.4 Å². The van der Waals surface area contributed by atoms with E-state index in [0.717, 1.165) is 24.0 Å². The molecule has 9 nitrogen and oxygen atoms in total. The number of benzene rings is 2. The molecule has 0 unspecified atom stereocenters. The van der Waals surface area contributed by atoms with Crippen molar-refractivity contribution in [2.75, 3.05) is 0 Å². The molecule has 0 aliphatic carbocycles. The number of aryl methyl sites for hydroxylation is 1. The molecule has 0 aliphatic rings. The van der Waals surface area contributed by atoms with Crippen LogP contribution in [0.2, 0.25) is 0 Å². The van der Waals surface area contributed by atoms with E-state index in [-0.39, 0.29) is 38.7 Å². The summed E-state index contributed by atoms with van der Waals surface area (Å²) in [5, 5.41) is 2.56. The van der Waals surface area contributed by atoms with E-state index in [9.17, 15) is 19.2 Å². The second-order valence-electron chi connectivity index (χ2n) is 12.2. The van der Waals surface area contributed by atoms with Crippen LogP contribution in [0.5, 0.6) is 0 Å². The first-order chi connectivity index (χ1) is 20.9. The van der Waals surface area contributed by atoms with E-state index in [4.69, 9.17) is 19.9 Å². The van der Waals surface area contributed by atoms with E-state index >= 15 is 0 Å². The molecule has 0 spiro atoms. The molecule has 2 rings (SSSR count). The quantitative estimate of drug-likeness (QED) is 0.108. The van der Waals surface area contributed by atoms with Crippen LogP contribution in [0, 0.1) is 0 Å². The molecular weight excluding hydrogens is 560 g/mol. The molecule has 9 heteroatoms. The maximum absolute atomic E-state index is 13.3. The van der Waals surface area contributed by atoms with Crippen LogP contribution in [0.15, 0.2) is 54.6 Å². The van der Waals surface area contributed by atoms with E-state index in [0.29, 0.717) is 0 Å². The number of nitrogens with two attached hydrogens (primary N) is 1. The Kier molecular flexibility index (Phi) is 16.0. The summed E-state index contributed by atoms with van der Waals surface area (Å²) >= 11 is 0. The molecule has 3 N–H and O–H groups in total. The first-order valence-electron chi connectivity index (χ1n) is 15.7. The Hall–Kier alpha value is -3.88. The van der Waals surface area contributed by atoms with Gasteiger partial charge in [-0.15, -0.1) is 0 Å². The summed E-state index contributed by atoms with van der Waals surface area (Å²) in [5.74, 6) is -1.76. The van der Waals surface area contributed by atoms with Crippen molar-refractivity contribution >= 4 is 23.9 Å². The average Bonchev–Trinajstić information content (AvgIpc) is 2.95. The molecule has 2 amide bonds. The molecule has 2 atom stereocenters. The second kappa shape index (κ2) is 19.4. The molecule has 0 heterocycles. The summed E-state index contributed by atoms with van der Waals surface area (Å²) in [6.07, 6.45) is 5.98. The topological polar surface area (TPSA) is 134 Å². The molecule has 0 aliphatic heterocycles. The molecule has 242 valence electrons. The van der Waals surface area contributed by atoms with E-state index in [2.05, 4.69) is 24.4 Å². The summed E-state index contributed by atoms with van der Waals surface area (Å²) in [6.45, 7) is 7.48. The lowest BCUT2D eigenvalue weighted by Crippen LogP contribution is -2.45. The number of hydrogen-bond donors (Lipinski definition) is 2. The predicted octanol–water partition coefficient (Wildman–Crippen LogP) is 6.34. The standard InChI is InChI=1S/C35H50N2O7/c1-5-6-7-8-10-14-26-19-21-27(22-20-26)23-29(24-31(36)38)43-33(40)30(37-34(41)44-35(2,3)4)17-13-18-32(39)42-25-28-15-11-9-12-16-28/h9,11-12,15-16,19-22,29-30H,5-8,10,13-14,17-18,23-25H2,1-4H3,(H2,36,38)(H,37,41)/t29-,30-/m0/s1. The third-order valence-corrected chi connectivity index (χ3v) is 6.86. The minimum absolute atomic E-state index is 0.0439. The van der Waals surface area contributed by atoms with Crippen LogP contribution in [-0.4, -0.2) is 41.7 Å². The summed E-state index contributed by atoms with van der Waals surface area (Å²) in [7, 11) is 0. The van der Waals surface area contributed by atoms with Crippen molar-refractivity contribution < 1.29 is 33.4 Å². The maximum atomic E-state index is 13.3. The monoisotopic (exact) mass is 610 g/mol. The minimum Gasteiger partial charge on any atom is -0.461 e. The molecule has 0 aromatic heterocycles. The van der Waals surface area contributed by atoms with Crippen LogP contribution < -0.4 is 11.1 Å². The first kappa shape index (κ1) is 36.3. The van der Waals surface area contributed by atoms with Crippen LogP contribution in [0.3, 0.4) is 0 Å². The minimum atomic E-state index is -1.10. The Morgan fingerprint density at radius 2 is 1.50 bits per heavy atom. The van der Waals surface area contributed by atoms with Gasteiger partial charge in [0.2, 0.25) is 5.91 Å². The van der Waals surface area contributed by atoms with Crippen LogP contribution >= 0.6 is 0 Å².